The smallest absolute Gasteiger partial charge is 0.0450 e. The minimum Gasteiger partial charge on any atom is -0.299 e. The first-order chi connectivity index (χ1) is 13.3. The van der Waals surface area contributed by atoms with Crippen molar-refractivity contribution in [1.82, 2.24) is 14.9 Å². The van der Waals surface area contributed by atoms with Gasteiger partial charge in [-0.1, -0.05) is 36.4 Å². The van der Waals surface area contributed by atoms with Crippen LogP contribution in [0.25, 0.3) is 0 Å². The van der Waals surface area contributed by atoms with Crippen molar-refractivity contribution in [1.29, 1.82) is 0 Å². The van der Waals surface area contributed by atoms with Gasteiger partial charge >= 0.3 is 0 Å². The maximum Gasteiger partial charge on any atom is 0.0450 e. The zero-order valence-corrected chi connectivity index (χ0v) is 16.0. The lowest BCUT2D eigenvalue weighted by Crippen LogP contribution is -2.32. The lowest BCUT2D eigenvalue weighted by molar-refractivity contribution is 0.203. The lowest BCUT2D eigenvalue weighted by atomic mass is 9.92. The van der Waals surface area contributed by atoms with Crippen molar-refractivity contribution in [2.75, 3.05) is 13.1 Å². The highest BCUT2D eigenvalue weighted by Gasteiger charge is 2.21. The van der Waals surface area contributed by atoms with Crippen molar-refractivity contribution in [2.45, 2.75) is 38.6 Å². The lowest BCUT2D eigenvalue weighted by Gasteiger charge is -2.31. The number of hydrogen-bond acceptors (Lipinski definition) is 3. The zero-order valence-electron chi connectivity index (χ0n) is 16.0. The van der Waals surface area contributed by atoms with Gasteiger partial charge in [-0.25, -0.2) is 0 Å². The summed E-state index contributed by atoms with van der Waals surface area (Å²) in [5, 5.41) is 0. The second-order valence-electron chi connectivity index (χ2n) is 7.57. The van der Waals surface area contributed by atoms with E-state index < -0.39 is 0 Å². The van der Waals surface area contributed by atoms with E-state index in [-0.39, 0.29) is 0 Å². The summed E-state index contributed by atoms with van der Waals surface area (Å²) in [6, 6.07) is 19.3. The van der Waals surface area contributed by atoms with Crippen molar-refractivity contribution < 1.29 is 0 Å². The molecule has 0 atom stereocenters. The minimum absolute atomic E-state index is 0.576. The molecule has 3 nitrogen and oxygen atoms in total. The van der Waals surface area contributed by atoms with Crippen LogP contribution in [0, 0.1) is 6.92 Å². The summed E-state index contributed by atoms with van der Waals surface area (Å²) in [7, 11) is 0. The first-order valence-electron chi connectivity index (χ1n) is 9.89. The van der Waals surface area contributed by atoms with E-state index in [9.17, 15) is 0 Å². The molecule has 138 valence electrons. The molecule has 3 heterocycles. The monoisotopic (exact) mass is 357 g/mol. The van der Waals surface area contributed by atoms with Crippen molar-refractivity contribution >= 4 is 0 Å². The molecule has 0 unspecified atom stereocenters. The van der Waals surface area contributed by atoms with Gasteiger partial charge in [0.25, 0.3) is 0 Å². The van der Waals surface area contributed by atoms with Gasteiger partial charge in [0.15, 0.2) is 0 Å². The molecule has 0 saturated carbocycles. The van der Waals surface area contributed by atoms with Crippen LogP contribution in [0.4, 0.5) is 0 Å². The van der Waals surface area contributed by atoms with Crippen LogP contribution in [0.1, 0.15) is 46.8 Å². The molecule has 0 bridgehead atoms. The molecule has 1 aliphatic heterocycles. The largest absolute Gasteiger partial charge is 0.299 e. The van der Waals surface area contributed by atoms with E-state index in [0.717, 1.165) is 26.1 Å². The molecule has 0 spiro atoms. The highest BCUT2D eigenvalue weighted by Crippen LogP contribution is 2.28. The van der Waals surface area contributed by atoms with Crippen molar-refractivity contribution in [3.8, 4) is 0 Å². The van der Waals surface area contributed by atoms with Gasteiger partial charge in [0.05, 0.1) is 0 Å². The van der Waals surface area contributed by atoms with Crippen LogP contribution in [0.2, 0.25) is 0 Å². The van der Waals surface area contributed by atoms with Gasteiger partial charge in [0, 0.05) is 42.7 Å². The Bertz CT molecular complexity index is 868. The average molecular weight is 358 g/mol. The third kappa shape index (κ3) is 4.61. The summed E-state index contributed by atoms with van der Waals surface area (Å²) < 4.78 is 0. The number of piperidine rings is 1. The van der Waals surface area contributed by atoms with E-state index in [0.29, 0.717) is 5.92 Å². The molecule has 1 aliphatic rings. The van der Waals surface area contributed by atoms with Gasteiger partial charge in [-0.2, -0.15) is 0 Å². The number of likely N-dealkylation sites (tertiary alicyclic amines) is 1. The Morgan fingerprint density at radius 1 is 0.963 bits per heavy atom. The molecule has 0 amide bonds. The number of aryl methyl sites for hydroxylation is 1. The zero-order chi connectivity index (χ0) is 18.5. The minimum atomic E-state index is 0.576. The summed E-state index contributed by atoms with van der Waals surface area (Å²) in [4.78, 5) is 11.8. The summed E-state index contributed by atoms with van der Waals surface area (Å²) in [6.07, 6.45) is 7.09. The van der Waals surface area contributed by atoms with Crippen LogP contribution >= 0.6 is 0 Å². The van der Waals surface area contributed by atoms with Gasteiger partial charge in [-0.3, -0.25) is 14.9 Å². The summed E-state index contributed by atoms with van der Waals surface area (Å²) in [5.41, 5.74) is 6.46. The molecule has 0 radical (unpaired) electrons. The SMILES string of the molecule is Cc1ccccc1Cc1cccc(C2CCN(Cc3cccnc3)CC2)n1. The average Bonchev–Trinajstić information content (AvgIpc) is 2.71. The Balaban J connectivity index is 1.38. The molecule has 4 rings (SSSR count). The summed E-state index contributed by atoms with van der Waals surface area (Å²) in [6.45, 7) is 5.44. The Kier molecular flexibility index (Phi) is 5.59. The predicted molar refractivity (Wildman–Crippen MR) is 110 cm³/mol. The molecule has 3 aromatic rings. The van der Waals surface area contributed by atoms with Gasteiger partial charge < -0.3 is 0 Å². The standard InChI is InChI=1S/C24H27N3/c1-19-6-2-3-8-22(19)16-23-9-4-10-24(26-23)21-11-14-27(15-12-21)18-20-7-5-13-25-17-20/h2-10,13,17,21H,11-12,14-16,18H2,1H3. The molecule has 0 N–H and O–H groups in total. The summed E-state index contributed by atoms with van der Waals surface area (Å²) in [5.74, 6) is 0.576. The predicted octanol–water partition coefficient (Wildman–Crippen LogP) is 4.76. The molecule has 1 aromatic carbocycles. The van der Waals surface area contributed by atoms with Gasteiger partial charge in [-0.15, -0.1) is 0 Å². The van der Waals surface area contributed by atoms with Crippen LogP contribution in [0.5, 0.6) is 0 Å². The Hall–Kier alpha value is -2.52. The number of nitrogens with zero attached hydrogens (tertiary/aromatic N) is 3. The fourth-order valence-corrected chi connectivity index (χ4v) is 3.96. The maximum atomic E-state index is 5.01. The highest BCUT2D eigenvalue weighted by molar-refractivity contribution is 5.30. The molecule has 0 aliphatic carbocycles. The molecular formula is C24H27N3. The fraction of sp³-hybridized carbons (Fsp3) is 0.333. The van der Waals surface area contributed by atoms with Gasteiger partial charge in [0.1, 0.15) is 0 Å². The van der Waals surface area contributed by atoms with Crippen LogP contribution in [0.15, 0.2) is 67.0 Å². The normalized spacial score (nSPS) is 15.7. The maximum absolute atomic E-state index is 5.01. The van der Waals surface area contributed by atoms with E-state index in [4.69, 9.17) is 4.98 Å². The number of benzene rings is 1. The number of aromatic nitrogens is 2. The van der Waals surface area contributed by atoms with Crippen LogP contribution < -0.4 is 0 Å². The first-order valence-corrected chi connectivity index (χ1v) is 9.89. The number of rotatable bonds is 5. The molecule has 1 fully saturated rings. The van der Waals surface area contributed by atoms with E-state index in [1.165, 1.54) is 40.9 Å². The van der Waals surface area contributed by atoms with E-state index >= 15 is 0 Å². The van der Waals surface area contributed by atoms with Crippen LogP contribution in [-0.4, -0.2) is 28.0 Å². The molecule has 2 aromatic heterocycles. The molecule has 3 heteroatoms. The van der Waals surface area contributed by atoms with Crippen molar-refractivity contribution in [3.05, 3.63) is 95.1 Å². The quantitative estimate of drug-likeness (QED) is 0.659. The Labute approximate surface area is 162 Å². The molecule has 1 saturated heterocycles. The van der Waals surface area contributed by atoms with Crippen molar-refractivity contribution in [3.63, 3.8) is 0 Å². The number of hydrogen-bond donors (Lipinski definition) is 0. The van der Waals surface area contributed by atoms with E-state index in [1.807, 2.05) is 18.5 Å². The third-order valence-electron chi connectivity index (χ3n) is 5.60. The molecular weight excluding hydrogens is 330 g/mol. The van der Waals surface area contributed by atoms with E-state index in [1.54, 1.807) is 0 Å². The molecule has 27 heavy (non-hydrogen) atoms. The Morgan fingerprint density at radius 2 is 1.81 bits per heavy atom. The van der Waals surface area contributed by atoms with Crippen LogP contribution in [0.3, 0.4) is 0 Å². The number of pyridine rings is 2. The third-order valence-corrected chi connectivity index (χ3v) is 5.60. The second kappa shape index (κ2) is 8.45. The summed E-state index contributed by atoms with van der Waals surface area (Å²) >= 11 is 0. The highest BCUT2D eigenvalue weighted by atomic mass is 15.1. The second-order valence-corrected chi connectivity index (χ2v) is 7.57. The Morgan fingerprint density at radius 3 is 2.59 bits per heavy atom. The van der Waals surface area contributed by atoms with Crippen molar-refractivity contribution in [2.24, 2.45) is 0 Å². The fourth-order valence-electron chi connectivity index (χ4n) is 3.96. The topological polar surface area (TPSA) is 29.0 Å². The first kappa shape index (κ1) is 17.9. The van der Waals surface area contributed by atoms with Gasteiger partial charge in [-0.05, 0) is 67.7 Å². The van der Waals surface area contributed by atoms with Gasteiger partial charge in [0.2, 0.25) is 0 Å². The van der Waals surface area contributed by atoms with Crippen LogP contribution in [-0.2, 0) is 13.0 Å². The van der Waals surface area contributed by atoms with E-state index in [2.05, 4.69) is 65.3 Å².